The number of nitrogen functional groups attached to an aromatic ring is 2. The van der Waals surface area contributed by atoms with Gasteiger partial charge in [0.15, 0.2) is 19.7 Å². The minimum absolute atomic E-state index is 0.00445. The van der Waals surface area contributed by atoms with Crippen LogP contribution in [0.4, 0.5) is 34.1 Å². The molecule has 0 spiro atoms. The summed E-state index contributed by atoms with van der Waals surface area (Å²) in [5.74, 6) is -3.51. The Morgan fingerprint density at radius 2 is 1.14 bits per heavy atom. The maximum absolute atomic E-state index is 12.6. The first-order chi connectivity index (χ1) is 23.3. The van der Waals surface area contributed by atoms with Gasteiger partial charge in [-0.3, -0.25) is 13.7 Å². The summed E-state index contributed by atoms with van der Waals surface area (Å²) in [6.45, 7) is -1.92. The fourth-order valence-corrected chi connectivity index (χ4v) is 7.45. The first kappa shape index (κ1) is 40.9. The highest BCUT2D eigenvalue weighted by atomic mass is 32.3. The molecule has 278 valence electrons. The van der Waals surface area contributed by atoms with Gasteiger partial charge >= 0.3 is 26.8 Å². The van der Waals surface area contributed by atoms with Crippen LogP contribution in [0, 0.1) is 0 Å². The predicted octanol–water partition coefficient (Wildman–Crippen LogP) is 1.81. The SMILES string of the molecule is Nc1cc(C(=O)O)c(N=Nc2ccc(S(=O)(=O)CCOS(=O)(=O)O)cc2S(=O)(=O)O)c(N)c1N=Nc1ccc(S(=O)(=O)CCOS(=O)(=O)O)cc1. The molecule has 3 aromatic rings. The Labute approximate surface area is 289 Å². The zero-order valence-electron chi connectivity index (χ0n) is 25.0. The van der Waals surface area contributed by atoms with Crippen molar-refractivity contribution in [2.75, 3.05) is 36.2 Å². The van der Waals surface area contributed by atoms with E-state index in [1.165, 1.54) is 12.1 Å². The number of carboxylic acids is 1. The minimum atomic E-state index is -5.24. The number of aromatic carboxylic acids is 1. The quantitative estimate of drug-likeness (QED) is 0.0681. The van der Waals surface area contributed by atoms with E-state index in [1.54, 1.807) is 0 Å². The average molecular weight is 817 g/mol. The lowest BCUT2D eigenvalue weighted by atomic mass is 10.1. The molecule has 0 bridgehead atoms. The Bertz CT molecular complexity index is 2470. The van der Waals surface area contributed by atoms with Gasteiger partial charge in [0, 0.05) is 0 Å². The molecule has 3 rings (SSSR count). The molecular weight excluding hydrogens is 793 g/mol. The molecule has 0 amide bonds. The summed E-state index contributed by atoms with van der Waals surface area (Å²) in [5, 5.41) is 24.7. The lowest BCUT2D eigenvalue weighted by molar-refractivity contribution is 0.0697. The van der Waals surface area contributed by atoms with Gasteiger partial charge in [-0.25, -0.2) is 30.0 Å². The Balaban J connectivity index is 1.99. The molecule has 0 radical (unpaired) electrons. The molecule has 0 atom stereocenters. The summed E-state index contributed by atoms with van der Waals surface area (Å²) in [6, 6.07) is 7.33. The maximum Gasteiger partial charge on any atom is 0.397 e. The van der Waals surface area contributed by atoms with Crippen LogP contribution in [-0.4, -0.2) is 91.5 Å². The van der Waals surface area contributed by atoms with Crippen LogP contribution in [0.3, 0.4) is 0 Å². The highest BCUT2D eigenvalue weighted by Crippen LogP contribution is 2.42. The molecule has 0 aliphatic carbocycles. The molecular formula is C23H24N6O17S5. The van der Waals surface area contributed by atoms with E-state index in [9.17, 15) is 56.5 Å². The molecule has 28 heteroatoms. The van der Waals surface area contributed by atoms with Crippen LogP contribution in [0.2, 0.25) is 0 Å². The normalized spacial score (nSPS) is 13.2. The first-order valence-corrected chi connectivity index (χ1v) is 20.5. The van der Waals surface area contributed by atoms with Crippen molar-refractivity contribution in [3.8, 4) is 0 Å². The smallest absolute Gasteiger partial charge is 0.397 e. The zero-order valence-corrected chi connectivity index (χ0v) is 29.1. The van der Waals surface area contributed by atoms with Gasteiger partial charge in [-0.2, -0.15) is 30.4 Å². The predicted molar refractivity (Wildman–Crippen MR) is 172 cm³/mol. The van der Waals surface area contributed by atoms with Gasteiger partial charge in [0.25, 0.3) is 10.1 Å². The van der Waals surface area contributed by atoms with E-state index in [4.69, 9.17) is 20.6 Å². The number of carbonyl (C=O) groups is 1. The van der Waals surface area contributed by atoms with Gasteiger partial charge in [-0.15, -0.1) is 15.3 Å². The molecule has 0 aromatic heterocycles. The number of anilines is 2. The van der Waals surface area contributed by atoms with Crippen molar-refractivity contribution in [1.29, 1.82) is 0 Å². The Kier molecular flexibility index (Phi) is 12.3. The van der Waals surface area contributed by atoms with Gasteiger partial charge in [-0.05, 0) is 48.5 Å². The standard InChI is InChI=1S/C23H24N6O17S5/c24-17-12-16(23(30)31)21(20(25)22(17)29-26-13-1-3-14(4-2-13)47(32,33)9-7-45-50(39,40)41)28-27-18-6-5-15(11-19(18)49(36,37)38)48(34,35)10-8-46-51(42,43)44/h1-6,11-12H,7-10,24-25H2,(H,30,31)(H,36,37,38)(H,39,40,41)(H,42,43,44). The minimum Gasteiger partial charge on any atom is -0.478 e. The van der Waals surface area contributed by atoms with Crippen molar-refractivity contribution >= 4 is 90.7 Å². The van der Waals surface area contributed by atoms with Gasteiger partial charge in [0.05, 0.1) is 57.1 Å². The van der Waals surface area contributed by atoms with Crippen LogP contribution in [0.5, 0.6) is 0 Å². The summed E-state index contributed by atoms with van der Waals surface area (Å²) < 4.78 is 152. The molecule has 0 saturated carbocycles. The number of hydrogen-bond donors (Lipinski definition) is 6. The third kappa shape index (κ3) is 11.5. The van der Waals surface area contributed by atoms with E-state index in [0.717, 1.165) is 30.3 Å². The maximum atomic E-state index is 12.6. The lowest BCUT2D eigenvalue weighted by Gasteiger charge is -2.10. The van der Waals surface area contributed by atoms with E-state index in [0.29, 0.717) is 6.07 Å². The third-order valence-electron chi connectivity index (χ3n) is 6.03. The van der Waals surface area contributed by atoms with E-state index in [1.807, 2.05) is 0 Å². The van der Waals surface area contributed by atoms with Crippen LogP contribution in [0.1, 0.15) is 10.4 Å². The van der Waals surface area contributed by atoms with Crippen molar-refractivity contribution in [2.24, 2.45) is 20.5 Å². The molecule has 0 aliphatic heterocycles. The van der Waals surface area contributed by atoms with E-state index >= 15 is 0 Å². The lowest BCUT2D eigenvalue weighted by Crippen LogP contribution is -2.16. The summed E-state index contributed by atoms with van der Waals surface area (Å²) in [4.78, 5) is 9.78. The second-order valence-corrected chi connectivity index (χ2v) is 17.4. The van der Waals surface area contributed by atoms with Crippen LogP contribution in [0.25, 0.3) is 0 Å². The van der Waals surface area contributed by atoms with E-state index in [-0.39, 0.29) is 22.0 Å². The number of hydrogen-bond acceptors (Lipinski definition) is 19. The third-order valence-corrected chi connectivity index (χ3v) is 11.2. The second-order valence-electron chi connectivity index (χ2n) is 9.57. The van der Waals surface area contributed by atoms with Crippen molar-refractivity contribution in [3.63, 3.8) is 0 Å². The number of azo groups is 2. The highest BCUT2D eigenvalue weighted by molar-refractivity contribution is 7.92. The van der Waals surface area contributed by atoms with Gasteiger partial charge in [-0.1, -0.05) is 0 Å². The summed E-state index contributed by atoms with van der Waals surface area (Å²) in [7, 11) is -23.6. The first-order valence-electron chi connectivity index (χ1n) is 13.0. The van der Waals surface area contributed by atoms with Crippen LogP contribution < -0.4 is 11.5 Å². The van der Waals surface area contributed by atoms with E-state index in [2.05, 4.69) is 28.8 Å². The van der Waals surface area contributed by atoms with Crippen molar-refractivity contribution in [1.82, 2.24) is 0 Å². The summed E-state index contributed by atoms with van der Waals surface area (Å²) in [6.07, 6.45) is 0. The second kappa shape index (κ2) is 15.4. The monoisotopic (exact) mass is 816 g/mol. The number of sulfone groups is 2. The number of nitrogens with two attached hydrogens (primary N) is 2. The fraction of sp³-hybridized carbons (Fsp3) is 0.174. The zero-order chi connectivity index (χ0) is 38.6. The van der Waals surface area contributed by atoms with Crippen LogP contribution >= 0.6 is 0 Å². The highest BCUT2D eigenvalue weighted by Gasteiger charge is 2.24. The summed E-state index contributed by atoms with van der Waals surface area (Å²) in [5.41, 5.74) is 8.64. The molecule has 0 aliphatic rings. The fourth-order valence-electron chi connectivity index (χ4n) is 3.73. The summed E-state index contributed by atoms with van der Waals surface area (Å²) >= 11 is 0. The molecule has 23 nitrogen and oxygen atoms in total. The molecule has 0 heterocycles. The number of benzene rings is 3. The van der Waals surface area contributed by atoms with Gasteiger partial charge in [0.1, 0.15) is 22.0 Å². The Hall–Kier alpha value is -4.52. The van der Waals surface area contributed by atoms with Crippen LogP contribution in [-0.2, 0) is 59.0 Å². The molecule has 0 unspecified atom stereocenters. The van der Waals surface area contributed by atoms with Crippen molar-refractivity contribution in [3.05, 3.63) is 54.1 Å². The van der Waals surface area contributed by atoms with Crippen molar-refractivity contribution in [2.45, 2.75) is 14.7 Å². The van der Waals surface area contributed by atoms with Crippen LogP contribution in [0.15, 0.2) is 83.7 Å². The number of carboxylic acid groups (broad SMARTS) is 1. The molecule has 0 fully saturated rings. The molecule has 8 N–H and O–H groups in total. The van der Waals surface area contributed by atoms with Gasteiger partial charge in [0.2, 0.25) is 0 Å². The number of nitrogens with zero attached hydrogens (tertiary/aromatic N) is 4. The van der Waals surface area contributed by atoms with Crippen molar-refractivity contribution < 1.29 is 74.0 Å². The number of rotatable bonds is 16. The molecule has 51 heavy (non-hydrogen) atoms. The average Bonchev–Trinajstić information content (AvgIpc) is 2.98. The van der Waals surface area contributed by atoms with Gasteiger partial charge < -0.3 is 16.6 Å². The Morgan fingerprint density at radius 1 is 0.647 bits per heavy atom. The topological polar surface area (TPSA) is 389 Å². The Morgan fingerprint density at radius 3 is 1.63 bits per heavy atom. The van der Waals surface area contributed by atoms with E-state index < -0.39 is 114 Å². The molecule has 0 saturated heterocycles. The largest absolute Gasteiger partial charge is 0.478 e. The molecule has 3 aromatic carbocycles.